The molecule has 2 heterocycles. The summed E-state index contributed by atoms with van der Waals surface area (Å²) >= 11 is 0. The average molecular weight is 423 g/mol. The van der Waals surface area contributed by atoms with Gasteiger partial charge in [0.1, 0.15) is 0 Å². The number of carbonyl (C=O) groups excluding carboxylic acids is 1. The lowest BCUT2D eigenvalue weighted by atomic mass is 9.91. The lowest BCUT2D eigenvalue weighted by Crippen LogP contribution is -2.53. The number of hydrogen-bond acceptors (Lipinski definition) is 5. The Balaban J connectivity index is 1.45. The van der Waals surface area contributed by atoms with E-state index >= 15 is 0 Å². The van der Waals surface area contributed by atoms with E-state index in [1.165, 1.54) is 12.8 Å². The monoisotopic (exact) mass is 423 g/mol. The molecule has 1 aliphatic heterocycles. The van der Waals surface area contributed by atoms with Crippen LogP contribution in [0.25, 0.3) is 11.3 Å². The molecule has 2 atom stereocenters. The van der Waals surface area contributed by atoms with Crippen LogP contribution in [0.2, 0.25) is 0 Å². The summed E-state index contributed by atoms with van der Waals surface area (Å²) in [6.07, 6.45) is 2.81. The highest BCUT2D eigenvalue weighted by molar-refractivity contribution is 5.93. The Kier molecular flexibility index (Phi) is 5.50. The smallest absolute Gasteiger partial charge is 0.309 e. The molecule has 1 saturated carbocycles. The maximum absolute atomic E-state index is 13.9. The molecule has 1 saturated heterocycles. The molecule has 7 nitrogen and oxygen atoms in total. The van der Waals surface area contributed by atoms with Crippen LogP contribution in [0.15, 0.2) is 22.7 Å². The Bertz CT molecular complexity index is 976. The normalized spacial score (nSPS) is 22.1. The number of nitrogens with one attached hydrogen (secondary N) is 1. The van der Waals surface area contributed by atoms with Gasteiger partial charge in [-0.1, -0.05) is 5.16 Å². The van der Waals surface area contributed by atoms with Gasteiger partial charge in [0.25, 0.3) is 5.91 Å². The lowest BCUT2D eigenvalue weighted by molar-refractivity contribution is -0.144. The molecule has 1 aliphatic carbocycles. The first-order valence-electron chi connectivity index (χ1n) is 9.70. The maximum atomic E-state index is 13.9. The van der Waals surface area contributed by atoms with Gasteiger partial charge in [-0.05, 0) is 37.3 Å². The van der Waals surface area contributed by atoms with Crippen LogP contribution in [-0.4, -0.2) is 52.7 Å². The third-order valence-corrected chi connectivity index (χ3v) is 5.59. The molecule has 1 aromatic heterocycles. The number of rotatable bonds is 6. The molecule has 10 heteroatoms. The molecule has 160 valence electrons. The molecule has 1 aromatic carbocycles. The quantitative estimate of drug-likeness (QED) is 0.694. The van der Waals surface area contributed by atoms with E-state index < -0.39 is 41.3 Å². The van der Waals surface area contributed by atoms with E-state index in [0.29, 0.717) is 25.4 Å². The van der Waals surface area contributed by atoms with Crippen LogP contribution in [0, 0.1) is 29.3 Å². The Morgan fingerprint density at radius 1 is 1.20 bits per heavy atom. The molecule has 2 aromatic rings. The topological polar surface area (TPSA) is 95.7 Å². The third-order valence-electron chi connectivity index (χ3n) is 5.59. The van der Waals surface area contributed by atoms with Crippen LogP contribution >= 0.6 is 0 Å². The van der Waals surface area contributed by atoms with Crippen LogP contribution in [0.1, 0.15) is 29.8 Å². The van der Waals surface area contributed by atoms with E-state index in [2.05, 4.69) is 15.4 Å². The molecule has 30 heavy (non-hydrogen) atoms. The summed E-state index contributed by atoms with van der Waals surface area (Å²) in [6, 6.07) is 2.23. The van der Waals surface area contributed by atoms with Crippen molar-refractivity contribution in [1.29, 1.82) is 0 Å². The zero-order valence-electron chi connectivity index (χ0n) is 15.9. The van der Waals surface area contributed by atoms with Crippen molar-refractivity contribution < 1.29 is 32.4 Å². The van der Waals surface area contributed by atoms with Crippen molar-refractivity contribution in [2.24, 2.45) is 11.8 Å². The number of aliphatic carboxylic acids is 1. The number of piperidine rings is 1. The second-order valence-corrected chi connectivity index (χ2v) is 7.82. The van der Waals surface area contributed by atoms with Gasteiger partial charge in [0, 0.05) is 31.7 Å². The molecule has 0 unspecified atom stereocenters. The molecule has 2 aliphatic rings. The molecular formula is C20H20F3N3O4. The predicted molar refractivity (Wildman–Crippen MR) is 98.0 cm³/mol. The maximum Gasteiger partial charge on any atom is 0.309 e. The van der Waals surface area contributed by atoms with Gasteiger partial charge in [-0.2, -0.15) is 0 Å². The summed E-state index contributed by atoms with van der Waals surface area (Å²) in [6.45, 7) is 1.90. The van der Waals surface area contributed by atoms with Crippen molar-refractivity contribution in [1.82, 2.24) is 15.4 Å². The largest absolute Gasteiger partial charge is 0.481 e. The van der Waals surface area contributed by atoms with E-state index in [1.807, 2.05) is 0 Å². The van der Waals surface area contributed by atoms with Gasteiger partial charge in [0.15, 0.2) is 28.9 Å². The fourth-order valence-corrected chi connectivity index (χ4v) is 3.74. The van der Waals surface area contributed by atoms with Crippen molar-refractivity contribution in [2.45, 2.75) is 25.3 Å². The number of amides is 1. The minimum atomic E-state index is -1.66. The first-order chi connectivity index (χ1) is 14.3. The van der Waals surface area contributed by atoms with Crippen LogP contribution < -0.4 is 5.32 Å². The second-order valence-electron chi connectivity index (χ2n) is 7.82. The standard InChI is InChI=1S/C20H20F3N3O4/c21-13-4-3-11(17(22)18(13)23)16-7-15(25-30-16)19(27)24-14-5-6-26(8-10-1-2-10)9-12(14)20(28)29/h3-4,7,10,12,14H,1-2,5-6,8-9H2,(H,24,27)(H,28,29)/t12-,14-/m1/s1. The Labute approximate surface area is 169 Å². The third kappa shape index (κ3) is 4.18. The van der Waals surface area contributed by atoms with Gasteiger partial charge in [-0.3, -0.25) is 9.59 Å². The molecule has 1 amide bonds. The minimum absolute atomic E-state index is 0.210. The van der Waals surface area contributed by atoms with Gasteiger partial charge in [0.05, 0.1) is 11.5 Å². The van der Waals surface area contributed by atoms with Crippen LogP contribution in [0.3, 0.4) is 0 Å². The molecule has 2 fully saturated rings. The fraction of sp³-hybridized carbons (Fsp3) is 0.450. The van der Waals surface area contributed by atoms with Gasteiger partial charge < -0.3 is 19.8 Å². The van der Waals surface area contributed by atoms with Crippen molar-refractivity contribution in [3.05, 3.63) is 41.3 Å². The minimum Gasteiger partial charge on any atom is -0.481 e. The first kappa shape index (κ1) is 20.4. The van der Waals surface area contributed by atoms with E-state index in [0.717, 1.165) is 24.7 Å². The summed E-state index contributed by atoms with van der Waals surface area (Å²) in [7, 11) is 0. The average Bonchev–Trinajstić information content (AvgIpc) is 3.39. The van der Waals surface area contributed by atoms with E-state index in [-0.39, 0.29) is 17.0 Å². The summed E-state index contributed by atoms with van der Waals surface area (Å²) in [5.41, 5.74) is -0.587. The van der Waals surface area contributed by atoms with Gasteiger partial charge in [-0.15, -0.1) is 0 Å². The molecule has 0 spiro atoms. The number of halogens is 3. The van der Waals surface area contributed by atoms with Crippen molar-refractivity contribution in [3.63, 3.8) is 0 Å². The zero-order chi connectivity index (χ0) is 21.4. The number of carbonyl (C=O) groups is 2. The summed E-state index contributed by atoms with van der Waals surface area (Å²) < 4.78 is 45.4. The van der Waals surface area contributed by atoms with Crippen molar-refractivity contribution in [3.8, 4) is 11.3 Å². The number of nitrogens with zero attached hydrogens (tertiary/aromatic N) is 2. The summed E-state index contributed by atoms with van der Waals surface area (Å²) in [5.74, 6) is -6.51. The molecule has 0 radical (unpaired) electrons. The Hall–Kier alpha value is -2.88. The Morgan fingerprint density at radius 3 is 2.67 bits per heavy atom. The number of hydrogen-bond donors (Lipinski definition) is 2. The Morgan fingerprint density at radius 2 is 1.97 bits per heavy atom. The number of carboxylic acid groups (broad SMARTS) is 1. The highest BCUT2D eigenvalue weighted by atomic mass is 19.2. The fourth-order valence-electron chi connectivity index (χ4n) is 3.74. The van der Waals surface area contributed by atoms with Gasteiger partial charge in [-0.25, -0.2) is 13.2 Å². The number of carboxylic acids is 1. The molecule has 2 N–H and O–H groups in total. The van der Waals surface area contributed by atoms with Crippen LogP contribution in [0.5, 0.6) is 0 Å². The molecular weight excluding hydrogens is 403 g/mol. The van der Waals surface area contributed by atoms with E-state index in [1.54, 1.807) is 0 Å². The van der Waals surface area contributed by atoms with E-state index in [4.69, 9.17) is 4.52 Å². The second kappa shape index (κ2) is 8.10. The zero-order valence-corrected chi connectivity index (χ0v) is 15.9. The van der Waals surface area contributed by atoms with Crippen molar-refractivity contribution in [2.75, 3.05) is 19.6 Å². The van der Waals surface area contributed by atoms with Gasteiger partial charge in [0.2, 0.25) is 0 Å². The highest BCUT2D eigenvalue weighted by Gasteiger charge is 2.37. The summed E-state index contributed by atoms with van der Waals surface area (Å²) in [5, 5.41) is 15.8. The molecule has 0 bridgehead atoms. The van der Waals surface area contributed by atoms with Crippen LogP contribution in [0.4, 0.5) is 13.2 Å². The number of aromatic nitrogens is 1. The molecule has 4 rings (SSSR count). The number of likely N-dealkylation sites (tertiary alicyclic amines) is 1. The van der Waals surface area contributed by atoms with Crippen molar-refractivity contribution >= 4 is 11.9 Å². The first-order valence-corrected chi connectivity index (χ1v) is 9.70. The summed E-state index contributed by atoms with van der Waals surface area (Å²) in [4.78, 5) is 26.3. The SMILES string of the molecule is O=C(N[C@@H]1CCN(CC2CC2)C[C@H]1C(=O)O)c1cc(-c2ccc(F)c(F)c2F)on1. The van der Waals surface area contributed by atoms with Gasteiger partial charge >= 0.3 is 5.97 Å². The predicted octanol–water partition coefficient (Wildman–Crippen LogP) is 2.67. The van der Waals surface area contributed by atoms with Crippen LogP contribution in [-0.2, 0) is 4.79 Å². The lowest BCUT2D eigenvalue weighted by Gasteiger charge is -2.36. The highest BCUT2D eigenvalue weighted by Crippen LogP contribution is 2.31. The number of benzene rings is 1. The van der Waals surface area contributed by atoms with E-state index in [9.17, 15) is 27.9 Å².